The van der Waals surface area contributed by atoms with E-state index in [9.17, 15) is 9.59 Å². The Morgan fingerprint density at radius 3 is 2.69 bits per heavy atom. The average molecular weight is 218 g/mol. The zero-order chi connectivity index (χ0) is 11.7. The van der Waals surface area contributed by atoms with Crippen molar-refractivity contribution in [3.05, 3.63) is 40.2 Å². The number of ketones is 1. The topological polar surface area (TPSA) is 56.5 Å². The second-order valence-corrected chi connectivity index (χ2v) is 3.40. The smallest absolute Gasteiger partial charge is 0.336 e. The van der Waals surface area contributed by atoms with Crippen LogP contribution in [0.2, 0.25) is 0 Å². The molecule has 16 heavy (non-hydrogen) atoms. The van der Waals surface area contributed by atoms with Gasteiger partial charge in [0.05, 0.1) is 12.7 Å². The molecule has 0 N–H and O–H groups in total. The molecule has 0 saturated carbocycles. The van der Waals surface area contributed by atoms with Crippen molar-refractivity contribution in [1.29, 1.82) is 0 Å². The number of ether oxygens (including phenoxy) is 1. The number of carbonyl (C=O) groups is 1. The fourth-order valence-corrected chi connectivity index (χ4v) is 1.54. The van der Waals surface area contributed by atoms with Gasteiger partial charge in [0.25, 0.3) is 0 Å². The van der Waals surface area contributed by atoms with Gasteiger partial charge < -0.3 is 9.15 Å². The van der Waals surface area contributed by atoms with Crippen molar-refractivity contribution < 1.29 is 13.9 Å². The molecule has 4 heteroatoms. The maximum absolute atomic E-state index is 11.4. The predicted molar refractivity (Wildman–Crippen MR) is 59.0 cm³/mol. The molecule has 1 aromatic heterocycles. The summed E-state index contributed by atoms with van der Waals surface area (Å²) >= 11 is 0. The van der Waals surface area contributed by atoms with Crippen LogP contribution in [0.4, 0.5) is 0 Å². The number of fused-ring (bicyclic) bond motifs is 1. The minimum Gasteiger partial charge on any atom is -0.496 e. The number of Topliss-reactive ketones (excluding diaryl/α,β-unsaturated/α-hetero) is 1. The van der Waals surface area contributed by atoms with Gasteiger partial charge in [0, 0.05) is 11.5 Å². The Kier molecular flexibility index (Phi) is 2.48. The summed E-state index contributed by atoms with van der Waals surface area (Å²) in [6.45, 7) is 1.44. The van der Waals surface area contributed by atoms with Gasteiger partial charge in [-0.2, -0.15) is 0 Å². The van der Waals surface area contributed by atoms with E-state index in [0.717, 1.165) is 5.39 Å². The first-order valence-corrected chi connectivity index (χ1v) is 4.74. The van der Waals surface area contributed by atoms with E-state index in [0.29, 0.717) is 16.9 Å². The molecule has 0 aliphatic rings. The number of rotatable bonds is 2. The van der Waals surface area contributed by atoms with Crippen molar-refractivity contribution in [2.24, 2.45) is 0 Å². The van der Waals surface area contributed by atoms with Crippen LogP contribution in [0.15, 0.2) is 33.5 Å². The van der Waals surface area contributed by atoms with Gasteiger partial charge in [0.2, 0.25) is 0 Å². The Hall–Kier alpha value is -2.10. The van der Waals surface area contributed by atoms with E-state index in [1.807, 2.05) is 0 Å². The van der Waals surface area contributed by atoms with Crippen LogP contribution in [0, 0.1) is 0 Å². The van der Waals surface area contributed by atoms with Gasteiger partial charge >= 0.3 is 5.63 Å². The molecule has 0 fully saturated rings. The van der Waals surface area contributed by atoms with E-state index in [1.165, 1.54) is 26.2 Å². The minimum absolute atomic E-state index is 0.134. The summed E-state index contributed by atoms with van der Waals surface area (Å²) in [6, 6.07) is 6.16. The summed E-state index contributed by atoms with van der Waals surface area (Å²) in [7, 11) is 1.49. The van der Waals surface area contributed by atoms with Crippen LogP contribution >= 0.6 is 0 Å². The molecule has 0 unspecified atom stereocenters. The summed E-state index contributed by atoms with van der Waals surface area (Å²) < 4.78 is 10.1. The monoisotopic (exact) mass is 218 g/mol. The van der Waals surface area contributed by atoms with Crippen molar-refractivity contribution in [3.63, 3.8) is 0 Å². The largest absolute Gasteiger partial charge is 0.496 e. The molecule has 1 aromatic carbocycles. The highest BCUT2D eigenvalue weighted by Gasteiger charge is 2.10. The summed E-state index contributed by atoms with van der Waals surface area (Å²) in [5.41, 5.74) is 0.356. The average Bonchev–Trinajstić information content (AvgIpc) is 2.27. The zero-order valence-electron chi connectivity index (χ0n) is 8.94. The molecular weight excluding hydrogens is 208 g/mol. The Balaban J connectivity index is 2.80. The fourth-order valence-electron chi connectivity index (χ4n) is 1.54. The normalized spacial score (nSPS) is 10.4. The molecule has 0 saturated heterocycles. The lowest BCUT2D eigenvalue weighted by Crippen LogP contribution is -2.00. The standard InChI is InChI=1S/C12H10O4/c1-7(13)9-6-10-8(5-11(9)15-2)3-4-12(14)16-10/h3-6H,1-2H3. The van der Waals surface area contributed by atoms with Crippen molar-refractivity contribution in [2.45, 2.75) is 6.92 Å². The Bertz CT molecular complexity index is 610. The first kappa shape index (κ1) is 10.4. The van der Waals surface area contributed by atoms with Crippen LogP contribution < -0.4 is 10.4 Å². The summed E-state index contributed by atoms with van der Waals surface area (Å²) in [5.74, 6) is 0.346. The summed E-state index contributed by atoms with van der Waals surface area (Å²) in [4.78, 5) is 22.4. The van der Waals surface area contributed by atoms with Crippen LogP contribution in [0.25, 0.3) is 11.0 Å². The van der Waals surface area contributed by atoms with Crippen LogP contribution in [-0.4, -0.2) is 12.9 Å². The van der Waals surface area contributed by atoms with Gasteiger partial charge in [0.1, 0.15) is 11.3 Å². The second kappa shape index (κ2) is 3.81. The molecule has 0 atom stereocenters. The van der Waals surface area contributed by atoms with Gasteiger partial charge in [-0.15, -0.1) is 0 Å². The molecule has 0 aliphatic carbocycles. The molecule has 0 aliphatic heterocycles. The number of carbonyl (C=O) groups excluding carboxylic acids is 1. The third-order valence-electron chi connectivity index (χ3n) is 2.32. The lowest BCUT2D eigenvalue weighted by Gasteiger charge is -2.06. The quantitative estimate of drug-likeness (QED) is 0.571. The number of methoxy groups -OCH3 is 1. The minimum atomic E-state index is -0.438. The van der Waals surface area contributed by atoms with Crippen LogP contribution in [0.1, 0.15) is 17.3 Å². The van der Waals surface area contributed by atoms with Crippen molar-refractivity contribution in [1.82, 2.24) is 0 Å². The predicted octanol–water partition coefficient (Wildman–Crippen LogP) is 2.00. The van der Waals surface area contributed by atoms with Crippen LogP contribution in [0.5, 0.6) is 5.75 Å². The third kappa shape index (κ3) is 1.69. The fraction of sp³-hybridized carbons (Fsp3) is 0.167. The van der Waals surface area contributed by atoms with Gasteiger partial charge in [-0.3, -0.25) is 4.79 Å². The number of hydrogen-bond acceptors (Lipinski definition) is 4. The van der Waals surface area contributed by atoms with E-state index < -0.39 is 5.63 Å². The highest BCUT2D eigenvalue weighted by Crippen LogP contribution is 2.25. The lowest BCUT2D eigenvalue weighted by molar-refractivity contribution is 0.101. The number of hydrogen-bond donors (Lipinski definition) is 0. The maximum Gasteiger partial charge on any atom is 0.336 e. The van der Waals surface area contributed by atoms with E-state index in [2.05, 4.69) is 0 Å². The Labute approximate surface area is 91.4 Å². The van der Waals surface area contributed by atoms with Gasteiger partial charge in [-0.1, -0.05) is 0 Å². The van der Waals surface area contributed by atoms with Gasteiger partial charge in [-0.05, 0) is 25.1 Å². The first-order valence-electron chi connectivity index (χ1n) is 4.74. The van der Waals surface area contributed by atoms with Crippen molar-refractivity contribution in [2.75, 3.05) is 7.11 Å². The molecular formula is C12H10O4. The van der Waals surface area contributed by atoms with Gasteiger partial charge in [0.15, 0.2) is 5.78 Å². The first-order chi connectivity index (χ1) is 7.61. The summed E-state index contributed by atoms with van der Waals surface area (Å²) in [5, 5.41) is 0.724. The zero-order valence-corrected chi connectivity index (χ0v) is 8.94. The highest BCUT2D eigenvalue weighted by atomic mass is 16.5. The van der Waals surface area contributed by atoms with Gasteiger partial charge in [-0.25, -0.2) is 4.79 Å². The van der Waals surface area contributed by atoms with E-state index in [4.69, 9.17) is 9.15 Å². The lowest BCUT2D eigenvalue weighted by atomic mass is 10.1. The van der Waals surface area contributed by atoms with E-state index >= 15 is 0 Å². The third-order valence-corrected chi connectivity index (χ3v) is 2.32. The van der Waals surface area contributed by atoms with Crippen LogP contribution in [-0.2, 0) is 0 Å². The highest BCUT2D eigenvalue weighted by molar-refractivity contribution is 6.00. The molecule has 1 heterocycles. The molecule has 0 bridgehead atoms. The Morgan fingerprint density at radius 1 is 1.31 bits per heavy atom. The summed E-state index contributed by atoms with van der Waals surface area (Å²) in [6.07, 6.45) is 0. The molecule has 0 radical (unpaired) electrons. The molecule has 4 nitrogen and oxygen atoms in total. The van der Waals surface area contributed by atoms with Crippen molar-refractivity contribution >= 4 is 16.8 Å². The molecule has 0 amide bonds. The van der Waals surface area contributed by atoms with Crippen LogP contribution in [0.3, 0.4) is 0 Å². The number of benzene rings is 1. The molecule has 0 spiro atoms. The maximum atomic E-state index is 11.4. The van der Waals surface area contributed by atoms with E-state index in [-0.39, 0.29) is 5.78 Å². The molecule has 82 valence electrons. The molecule has 2 aromatic rings. The van der Waals surface area contributed by atoms with Crippen molar-refractivity contribution in [3.8, 4) is 5.75 Å². The van der Waals surface area contributed by atoms with E-state index in [1.54, 1.807) is 12.1 Å². The Morgan fingerprint density at radius 2 is 2.06 bits per heavy atom. The second-order valence-electron chi connectivity index (χ2n) is 3.40. The SMILES string of the molecule is COc1cc2ccc(=O)oc2cc1C(C)=O. The molecule has 2 rings (SSSR count).